The molecular weight excluding hydrogens is 286 g/mol. The summed E-state index contributed by atoms with van der Waals surface area (Å²) in [6.07, 6.45) is 0.971. The Kier molecular flexibility index (Phi) is 6.03. The Balaban J connectivity index is 1.69. The highest BCUT2D eigenvalue weighted by Gasteiger charge is 2.13. The van der Waals surface area contributed by atoms with Crippen molar-refractivity contribution in [1.29, 1.82) is 0 Å². The monoisotopic (exact) mass is 309 g/mol. The smallest absolute Gasteiger partial charge is 0.252 e. The highest BCUT2D eigenvalue weighted by Crippen LogP contribution is 2.17. The van der Waals surface area contributed by atoms with Gasteiger partial charge < -0.3 is 15.1 Å². The van der Waals surface area contributed by atoms with E-state index < -0.39 is 0 Å². The summed E-state index contributed by atoms with van der Waals surface area (Å²) < 4.78 is 0. The minimum absolute atomic E-state index is 0.0848. The van der Waals surface area contributed by atoms with Crippen LogP contribution in [0.5, 0.6) is 0 Å². The standard InChI is InChI=1S/C16H24ClN3O/c1-13-4-5-14(15(17)12-13)16(21)18-6-3-7-20-10-8-19(2)9-11-20/h4-5,12H,3,6-11H2,1-2H3,(H,18,21). The Morgan fingerprint density at radius 3 is 2.67 bits per heavy atom. The lowest BCUT2D eigenvalue weighted by Gasteiger charge is -2.32. The molecule has 1 heterocycles. The van der Waals surface area contributed by atoms with Gasteiger partial charge in [0.2, 0.25) is 0 Å². The molecule has 1 saturated heterocycles. The van der Waals surface area contributed by atoms with Crippen LogP contribution in [0.25, 0.3) is 0 Å². The average molecular weight is 310 g/mol. The molecule has 2 rings (SSSR count). The van der Waals surface area contributed by atoms with E-state index in [2.05, 4.69) is 22.2 Å². The second-order valence-electron chi connectivity index (χ2n) is 5.74. The molecule has 0 atom stereocenters. The third-order valence-electron chi connectivity index (χ3n) is 3.90. The third kappa shape index (κ3) is 4.99. The molecule has 21 heavy (non-hydrogen) atoms. The molecule has 0 spiro atoms. The number of rotatable bonds is 5. The van der Waals surface area contributed by atoms with Crippen LogP contribution in [0.1, 0.15) is 22.3 Å². The molecule has 0 saturated carbocycles. The number of amides is 1. The summed E-state index contributed by atoms with van der Waals surface area (Å²) in [6.45, 7) is 8.19. The molecule has 1 aliphatic rings. The maximum absolute atomic E-state index is 12.1. The first-order valence-electron chi connectivity index (χ1n) is 7.51. The van der Waals surface area contributed by atoms with Gasteiger partial charge in [0.25, 0.3) is 5.91 Å². The van der Waals surface area contributed by atoms with Crippen molar-refractivity contribution in [3.05, 3.63) is 34.3 Å². The molecule has 4 nitrogen and oxygen atoms in total. The highest BCUT2D eigenvalue weighted by molar-refractivity contribution is 6.33. The van der Waals surface area contributed by atoms with Gasteiger partial charge in [0.05, 0.1) is 10.6 Å². The lowest BCUT2D eigenvalue weighted by molar-refractivity contribution is 0.0949. The first-order chi connectivity index (χ1) is 10.1. The predicted octanol–water partition coefficient (Wildman–Crippen LogP) is 2.02. The molecule has 5 heteroatoms. The van der Waals surface area contributed by atoms with Gasteiger partial charge in [-0.15, -0.1) is 0 Å². The first-order valence-corrected chi connectivity index (χ1v) is 7.89. The number of nitrogens with zero attached hydrogens (tertiary/aromatic N) is 2. The third-order valence-corrected chi connectivity index (χ3v) is 4.21. The van der Waals surface area contributed by atoms with Gasteiger partial charge in [0.15, 0.2) is 0 Å². The highest BCUT2D eigenvalue weighted by atomic mass is 35.5. The van der Waals surface area contributed by atoms with Gasteiger partial charge in [-0.1, -0.05) is 17.7 Å². The van der Waals surface area contributed by atoms with Crippen LogP contribution >= 0.6 is 11.6 Å². The van der Waals surface area contributed by atoms with Gasteiger partial charge in [-0.05, 0) is 44.6 Å². The molecule has 1 amide bonds. The molecule has 1 fully saturated rings. The van der Waals surface area contributed by atoms with Crippen LogP contribution in [0.15, 0.2) is 18.2 Å². The van der Waals surface area contributed by atoms with Gasteiger partial charge in [-0.25, -0.2) is 0 Å². The summed E-state index contributed by atoms with van der Waals surface area (Å²) in [5.41, 5.74) is 1.62. The maximum atomic E-state index is 12.1. The van der Waals surface area contributed by atoms with Crippen molar-refractivity contribution in [2.24, 2.45) is 0 Å². The van der Waals surface area contributed by atoms with Crippen molar-refractivity contribution >= 4 is 17.5 Å². The van der Waals surface area contributed by atoms with Crippen LogP contribution in [-0.4, -0.2) is 62.0 Å². The van der Waals surface area contributed by atoms with E-state index >= 15 is 0 Å². The fraction of sp³-hybridized carbons (Fsp3) is 0.562. The second kappa shape index (κ2) is 7.78. The molecule has 0 aromatic heterocycles. The van der Waals surface area contributed by atoms with Gasteiger partial charge in [0, 0.05) is 32.7 Å². The summed E-state index contributed by atoms with van der Waals surface area (Å²) in [5, 5.41) is 3.47. The largest absolute Gasteiger partial charge is 0.352 e. The van der Waals surface area contributed by atoms with Crippen molar-refractivity contribution in [2.75, 3.05) is 46.3 Å². The number of aryl methyl sites for hydroxylation is 1. The topological polar surface area (TPSA) is 35.6 Å². The summed E-state index contributed by atoms with van der Waals surface area (Å²) in [4.78, 5) is 16.8. The van der Waals surface area contributed by atoms with Crippen LogP contribution in [0.4, 0.5) is 0 Å². The number of piperazine rings is 1. The Labute approximate surface area is 132 Å². The first kappa shape index (κ1) is 16.3. The molecule has 0 bridgehead atoms. The van der Waals surface area contributed by atoms with E-state index in [1.807, 2.05) is 19.1 Å². The lowest BCUT2D eigenvalue weighted by atomic mass is 10.1. The fourth-order valence-electron chi connectivity index (χ4n) is 2.48. The molecule has 116 valence electrons. The van der Waals surface area contributed by atoms with E-state index in [9.17, 15) is 4.79 Å². The molecule has 1 N–H and O–H groups in total. The van der Waals surface area contributed by atoms with Gasteiger partial charge in [-0.2, -0.15) is 0 Å². The number of nitrogens with one attached hydrogen (secondary N) is 1. The van der Waals surface area contributed by atoms with Gasteiger partial charge in [0.1, 0.15) is 0 Å². The van der Waals surface area contributed by atoms with Crippen LogP contribution in [0, 0.1) is 6.92 Å². The van der Waals surface area contributed by atoms with E-state index in [0.29, 0.717) is 17.1 Å². The Morgan fingerprint density at radius 2 is 2.00 bits per heavy atom. The van der Waals surface area contributed by atoms with Crippen molar-refractivity contribution in [3.8, 4) is 0 Å². The van der Waals surface area contributed by atoms with Gasteiger partial charge >= 0.3 is 0 Å². The van der Waals surface area contributed by atoms with Crippen molar-refractivity contribution < 1.29 is 4.79 Å². The SMILES string of the molecule is Cc1ccc(C(=O)NCCCN2CCN(C)CC2)c(Cl)c1. The van der Waals surface area contributed by atoms with E-state index in [1.54, 1.807) is 6.07 Å². The molecule has 0 unspecified atom stereocenters. The summed E-state index contributed by atoms with van der Waals surface area (Å²) in [6, 6.07) is 5.51. The molecule has 1 aliphatic heterocycles. The number of halogens is 1. The molecular formula is C16H24ClN3O. The predicted molar refractivity (Wildman–Crippen MR) is 87.1 cm³/mol. The number of carbonyl (C=O) groups excluding carboxylic acids is 1. The molecule has 0 radical (unpaired) electrons. The minimum Gasteiger partial charge on any atom is -0.352 e. The minimum atomic E-state index is -0.0848. The molecule has 0 aliphatic carbocycles. The number of hydrogen-bond donors (Lipinski definition) is 1. The zero-order valence-corrected chi connectivity index (χ0v) is 13.6. The number of benzene rings is 1. The van der Waals surface area contributed by atoms with Crippen molar-refractivity contribution in [3.63, 3.8) is 0 Å². The number of carbonyl (C=O) groups is 1. The van der Waals surface area contributed by atoms with Crippen LogP contribution in [0.3, 0.4) is 0 Å². The maximum Gasteiger partial charge on any atom is 0.252 e. The van der Waals surface area contributed by atoms with Crippen molar-refractivity contribution in [2.45, 2.75) is 13.3 Å². The van der Waals surface area contributed by atoms with Crippen molar-refractivity contribution in [1.82, 2.24) is 15.1 Å². The summed E-state index contributed by atoms with van der Waals surface area (Å²) in [5.74, 6) is -0.0848. The molecule has 1 aromatic carbocycles. The Bertz CT molecular complexity index is 484. The van der Waals surface area contributed by atoms with E-state index in [0.717, 1.165) is 44.7 Å². The zero-order chi connectivity index (χ0) is 15.2. The van der Waals surface area contributed by atoms with E-state index in [-0.39, 0.29) is 5.91 Å². The lowest BCUT2D eigenvalue weighted by Crippen LogP contribution is -2.45. The van der Waals surface area contributed by atoms with Crippen LogP contribution in [0.2, 0.25) is 5.02 Å². The summed E-state index contributed by atoms with van der Waals surface area (Å²) in [7, 11) is 2.16. The normalized spacial score (nSPS) is 16.9. The van der Waals surface area contributed by atoms with E-state index in [4.69, 9.17) is 11.6 Å². The van der Waals surface area contributed by atoms with E-state index in [1.165, 1.54) is 0 Å². The van der Waals surface area contributed by atoms with Crippen LogP contribution < -0.4 is 5.32 Å². The Hall–Kier alpha value is -1.10. The Morgan fingerprint density at radius 1 is 1.29 bits per heavy atom. The van der Waals surface area contributed by atoms with Gasteiger partial charge in [-0.3, -0.25) is 4.79 Å². The van der Waals surface area contributed by atoms with Crippen LogP contribution in [-0.2, 0) is 0 Å². The fourth-order valence-corrected chi connectivity index (χ4v) is 2.80. The summed E-state index contributed by atoms with van der Waals surface area (Å²) >= 11 is 6.10. The zero-order valence-electron chi connectivity index (χ0n) is 12.9. The molecule has 1 aromatic rings. The second-order valence-corrected chi connectivity index (χ2v) is 6.14. The average Bonchev–Trinajstić information content (AvgIpc) is 2.45. The quantitative estimate of drug-likeness (QED) is 0.845. The number of hydrogen-bond acceptors (Lipinski definition) is 3. The number of likely N-dealkylation sites (N-methyl/N-ethyl adjacent to an activating group) is 1.